The summed E-state index contributed by atoms with van der Waals surface area (Å²) in [7, 11) is 1.61. The van der Waals surface area contributed by atoms with Crippen LogP contribution < -0.4 is 10.2 Å². The van der Waals surface area contributed by atoms with E-state index in [9.17, 15) is 14.4 Å². The first-order valence-corrected chi connectivity index (χ1v) is 8.32. The fraction of sp³-hybridized carbons (Fsp3) is 0.0500. The first-order chi connectivity index (χ1) is 13.5. The molecule has 0 saturated heterocycles. The van der Waals surface area contributed by atoms with Crippen molar-refractivity contribution in [3.63, 3.8) is 0 Å². The Morgan fingerprint density at radius 2 is 1.64 bits per heavy atom. The lowest BCUT2D eigenvalue weighted by molar-refractivity contribution is 0.0925. The van der Waals surface area contributed by atoms with Crippen LogP contribution in [-0.2, 0) is 7.05 Å². The van der Waals surface area contributed by atoms with Crippen molar-refractivity contribution in [2.45, 2.75) is 0 Å². The normalized spacial score (nSPS) is 12.6. The van der Waals surface area contributed by atoms with E-state index in [1.165, 1.54) is 35.1 Å². The highest BCUT2D eigenvalue weighted by atomic mass is 16.2. The molecule has 0 saturated carbocycles. The minimum absolute atomic E-state index is 0.249. The highest BCUT2D eigenvalue weighted by Gasteiger charge is 2.36. The molecule has 3 amide bonds. The largest absolute Gasteiger partial charge is 0.306 e. The smallest absolute Gasteiger partial charge is 0.266 e. The fourth-order valence-electron chi connectivity index (χ4n) is 3.03. The van der Waals surface area contributed by atoms with E-state index in [0.29, 0.717) is 22.4 Å². The van der Waals surface area contributed by atoms with Crippen molar-refractivity contribution in [1.29, 1.82) is 5.26 Å². The number of aromatic nitrogens is 2. The van der Waals surface area contributed by atoms with Crippen LogP contribution in [0, 0.1) is 11.3 Å². The van der Waals surface area contributed by atoms with E-state index in [0.717, 1.165) is 4.90 Å². The molecule has 1 N–H and O–H groups in total. The van der Waals surface area contributed by atoms with Crippen molar-refractivity contribution in [3.8, 4) is 6.07 Å². The molecule has 0 aliphatic carbocycles. The summed E-state index contributed by atoms with van der Waals surface area (Å²) in [5.74, 6) is -0.941. The minimum atomic E-state index is -0.436. The SMILES string of the molecule is Cn1ncc(C#N)c1NC(=O)c1ccc(N2C(=O)c3ccccc3C2=O)cc1. The molecule has 8 nitrogen and oxygen atoms in total. The molecule has 3 aromatic rings. The fourth-order valence-corrected chi connectivity index (χ4v) is 3.03. The maximum Gasteiger partial charge on any atom is 0.266 e. The molecule has 0 spiro atoms. The molecule has 0 atom stereocenters. The molecule has 136 valence electrons. The Balaban J connectivity index is 1.57. The zero-order valence-electron chi connectivity index (χ0n) is 14.7. The van der Waals surface area contributed by atoms with E-state index in [1.54, 1.807) is 31.3 Å². The highest BCUT2D eigenvalue weighted by molar-refractivity contribution is 6.34. The number of carbonyl (C=O) groups is 3. The highest BCUT2D eigenvalue weighted by Crippen LogP contribution is 2.28. The van der Waals surface area contributed by atoms with Crippen LogP contribution >= 0.6 is 0 Å². The lowest BCUT2D eigenvalue weighted by Crippen LogP contribution is -2.29. The number of nitrogens with one attached hydrogen (secondary N) is 1. The summed E-state index contributed by atoms with van der Waals surface area (Å²) in [5.41, 5.74) is 1.65. The predicted molar refractivity (Wildman–Crippen MR) is 99.9 cm³/mol. The Bertz CT molecular complexity index is 1140. The van der Waals surface area contributed by atoms with Crippen molar-refractivity contribution in [2.75, 3.05) is 10.2 Å². The summed E-state index contributed by atoms with van der Waals surface area (Å²) in [6.45, 7) is 0. The molecule has 28 heavy (non-hydrogen) atoms. The summed E-state index contributed by atoms with van der Waals surface area (Å²) in [6.07, 6.45) is 1.36. The average Bonchev–Trinajstić information content (AvgIpc) is 3.19. The number of amides is 3. The van der Waals surface area contributed by atoms with Gasteiger partial charge in [0.15, 0.2) is 0 Å². The van der Waals surface area contributed by atoms with Gasteiger partial charge in [-0.25, -0.2) is 4.90 Å². The zero-order chi connectivity index (χ0) is 19.8. The lowest BCUT2D eigenvalue weighted by atomic mass is 10.1. The van der Waals surface area contributed by atoms with Gasteiger partial charge < -0.3 is 5.32 Å². The van der Waals surface area contributed by atoms with E-state index in [1.807, 2.05) is 6.07 Å². The molecule has 1 aromatic heterocycles. The Morgan fingerprint density at radius 3 is 2.21 bits per heavy atom. The lowest BCUT2D eigenvalue weighted by Gasteiger charge is -2.14. The van der Waals surface area contributed by atoms with Gasteiger partial charge in [-0.3, -0.25) is 19.1 Å². The van der Waals surface area contributed by atoms with Gasteiger partial charge in [-0.15, -0.1) is 0 Å². The number of rotatable bonds is 3. The average molecular weight is 371 g/mol. The van der Waals surface area contributed by atoms with Gasteiger partial charge >= 0.3 is 0 Å². The van der Waals surface area contributed by atoms with E-state index >= 15 is 0 Å². The minimum Gasteiger partial charge on any atom is -0.306 e. The Kier molecular flexibility index (Phi) is 3.98. The van der Waals surface area contributed by atoms with E-state index in [4.69, 9.17) is 5.26 Å². The van der Waals surface area contributed by atoms with Crippen LogP contribution in [-0.4, -0.2) is 27.5 Å². The number of nitriles is 1. The number of nitrogens with zero attached hydrogens (tertiary/aromatic N) is 4. The number of hydrogen-bond acceptors (Lipinski definition) is 5. The second kappa shape index (κ2) is 6.48. The van der Waals surface area contributed by atoms with Crippen molar-refractivity contribution >= 4 is 29.2 Å². The first-order valence-electron chi connectivity index (χ1n) is 8.32. The third-order valence-electron chi connectivity index (χ3n) is 4.47. The Hall–Kier alpha value is -4.25. The molecule has 1 aliphatic rings. The third-order valence-corrected chi connectivity index (χ3v) is 4.47. The quantitative estimate of drug-likeness (QED) is 0.711. The van der Waals surface area contributed by atoms with Crippen LogP contribution in [0.5, 0.6) is 0 Å². The Morgan fingerprint density at radius 1 is 1.04 bits per heavy atom. The van der Waals surface area contributed by atoms with Crippen molar-refractivity contribution in [2.24, 2.45) is 7.05 Å². The van der Waals surface area contributed by atoms with E-state index < -0.39 is 17.7 Å². The molecule has 2 aromatic carbocycles. The van der Waals surface area contributed by atoms with Gasteiger partial charge in [0.2, 0.25) is 0 Å². The summed E-state index contributed by atoms with van der Waals surface area (Å²) < 4.78 is 1.39. The monoisotopic (exact) mass is 371 g/mol. The van der Waals surface area contributed by atoms with Gasteiger partial charge in [-0.1, -0.05) is 12.1 Å². The van der Waals surface area contributed by atoms with Crippen molar-refractivity contribution < 1.29 is 14.4 Å². The summed E-state index contributed by atoms with van der Waals surface area (Å²) in [6, 6.07) is 14.7. The Labute approximate surface area is 159 Å². The number of fused-ring (bicyclic) bond motifs is 1. The topological polar surface area (TPSA) is 108 Å². The van der Waals surface area contributed by atoms with Crippen molar-refractivity contribution in [3.05, 3.63) is 77.0 Å². The van der Waals surface area contributed by atoms with Crippen LogP contribution in [0.15, 0.2) is 54.7 Å². The zero-order valence-corrected chi connectivity index (χ0v) is 14.7. The molecule has 1 aliphatic heterocycles. The molecule has 0 bridgehead atoms. The second-order valence-electron chi connectivity index (χ2n) is 6.13. The van der Waals surface area contributed by atoms with Gasteiger partial charge in [0, 0.05) is 12.6 Å². The summed E-state index contributed by atoms with van der Waals surface area (Å²) in [4.78, 5) is 38.6. The molecule has 0 radical (unpaired) electrons. The first kappa shape index (κ1) is 17.2. The maximum absolute atomic E-state index is 12.5. The molecule has 2 heterocycles. The van der Waals surface area contributed by atoms with Gasteiger partial charge in [-0.2, -0.15) is 10.4 Å². The number of carbonyl (C=O) groups excluding carboxylic acids is 3. The summed E-state index contributed by atoms with van der Waals surface area (Å²) in [5, 5.41) is 15.6. The van der Waals surface area contributed by atoms with E-state index in [2.05, 4.69) is 10.4 Å². The predicted octanol–water partition coefficient (Wildman–Crippen LogP) is 2.34. The number of benzene rings is 2. The number of anilines is 2. The number of hydrogen-bond donors (Lipinski definition) is 1. The van der Waals surface area contributed by atoms with Crippen LogP contribution in [0.3, 0.4) is 0 Å². The van der Waals surface area contributed by atoms with Crippen LogP contribution in [0.1, 0.15) is 36.6 Å². The molecular formula is C20H13N5O3. The standard InChI is InChI=1S/C20H13N5O3/c1-24-17(13(10-21)11-22-24)23-18(26)12-6-8-14(9-7-12)25-19(27)15-4-2-3-5-16(15)20(25)28/h2-9,11H,1H3,(H,23,26). The maximum atomic E-state index is 12.5. The van der Waals surface area contributed by atoms with Gasteiger partial charge in [0.1, 0.15) is 17.5 Å². The third kappa shape index (κ3) is 2.62. The van der Waals surface area contributed by atoms with E-state index in [-0.39, 0.29) is 11.4 Å². The van der Waals surface area contributed by atoms with Crippen LogP contribution in [0.2, 0.25) is 0 Å². The van der Waals surface area contributed by atoms with Crippen molar-refractivity contribution in [1.82, 2.24) is 9.78 Å². The molecule has 8 heteroatoms. The molecule has 4 rings (SSSR count). The van der Waals surface area contributed by atoms with Crippen LogP contribution in [0.4, 0.5) is 11.5 Å². The van der Waals surface area contributed by atoms with Gasteiger partial charge in [0.05, 0.1) is 23.0 Å². The number of imide groups is 1. The van der Waals surface area contributed by atoms with Gasteiger partial charge in [-0.05, 0) is 36.4 Å². The molecule has 0 unspecified atom stereocenters. The number of aryl methyl sites for hydroxylation is 1. The summed E-state index contributed by atoms with van der Waals surface area (Å²) >= 11 is 0. The molecular weight excluding hydrogens is 358 g/mol. The van der Waals surface area contributed by atoms with Gasteiger partial charge in [0.25, 0.3) is 17.7 Å². The van der Waals surface area contributed by atoms with Crippen LogP contribution in [0.25, 0.3) is 0 Å². The second-order valence-corrected chi connectivity index (χ2v) is 6.13. The molecule has 0 fully saturated rings.